The molecule has 0 unspecified atom stereocenters. The van der Waals surface area contributed by atoms with E-state index < -0.39 is 0 Å². The van der Waals surface area contributed by atoms with Crippen molar-refractivity contribution in [3.05, 3.63) is 11.8 Å². The van der Waals surface area contributed by atoms with Gasteiger partial charge in [0.05, 0.1) is 5.88 Å². The van der Waals surface area contributed by atoms with E-state index in [1.54, 1.807) is 11.9 Å². The predicted octanol–water partition coefficient (Wildman–Crippen LogP) is 0.818. The number of nitrogens with zero attached hydrogens (tertiary/aromatic N) is 3. The van der Waals surface area contributed by atoms with Crippen molar-refractivity contribution in [2.24, 2.45) is 0 Å². The van der Waals surface area contributed by atoms with Crippen LogP contribution >= 0.6 is 11.9 Å². The summed E-state index contributed by atoms with van der Waals surface area (Å²) in [7, 11) is 2.14. The van der Waals surface area contributed by atoms with Crippen molar-refractivity contribution in [1.82, 2.24) is 14.3 Å². The van der Waals surface area contributed by atoms with Gasteiger partial charge in [0.1, 0.15) is 0 Å². The molecule has 0 radical (unpaired) electrons. The van der Waals surface area contributed by atoms with Crippen LogP contribution in [0.2, 0.25) is 0 Å². The Morgan fingerprint density at radius 3 is 2.79 bits per heavy atom. The smallest absolute Gasteiger partial charge is 0.0894 e. The van der Waals surface area contributed by atoms with E-state index in [4.69, 9.17) is 0 Å². The maximum atomic E-state index is 9.23. The molecule has 0 atom stereocenters. The lowest BCUT2D eigenvalue weighted by atomic mass is 10.2. The fraction of sp³-hybridized carbons (Fsp3) is 0.778. The number of hydrogen-bond acceptors (Lipinski definition) is 5. The maximum Gasteiger partial charge on any atom is 0.0894 e. The van der Waals surface area contributed by atoms with Crippen molar-refractivity contribution in [3.8, 4) is 0 Å². The lowest BCUT2D eigenvalue weighted by Crippen LogP contribution is -2.38. The molecule has 2 heterocycles. The highest BCUT2D eigenvalue weighted by Gasteiger charge is 2.20. The van der Waals surface area contributed by atoms with Crippen LogP contribution in [0.5, 0.6) is 0 Å². The molecule has 0 aromatic carbocycles. The largest absolute Gasteiger partial charge is 0.318 e. The molecule has 80 valence electrons. The fourth-order valence-corrected chi connectivity index (χ4v) is 2.63. The Hall–Kier alpha value is -0.230. The van der Waals surface area contributed by atoms with Gasteiger partial charge in [0.2, 0.25) is 0 Å². The van der Waals surface area contributed by atoms with Crippen LogP contribution in [-0.4, -0.2) is 58.6 Å². The molecule has 1 saturated heterocycles. The molecular weight excluding hydrogens is 198 g/mol. The zero-order valence-electron chi connectivity index (χ0n) is 8.52. The summed E-state index contributed by atoms with van der Waals surface area (Å²) in [6.07, 6.45) is 3.43. The number of likely N-dealkylation sites (N-methyl/N-ethyl adjacent to an activating group) is 1. The quantitative estimate of drug-likeness (QED) is 0.654. The van der Waals surface area contributed by atoms with E-state index in [1.807, 2.05) is 0 Å². The summed E-state index contributed by atoms with van der Waals surface area (Å²) in [4.78, 5) is 2.32. The molecule has 1 fully saturated rings. The SMILES string of the molecule is CN1CC=C(N2CCN(O)CS2)CC1. The molecule has 5 heteroatoms. The van der Waals surface area contributed by atoms with Crippen LogP contribution in [0.1, 0.15) is 6.42 Å². The van der Waals surface area contributed by atoms with Crippen molar-refractivity contribution in [3.63, 3.8) is 0 Å². The van der Waals surface area contributed by atoms with Crippen LogP contribution in [0.3, 0.4) is 0 Å². The Balaban J connectivity index is 1.89. The minimum absolute atomic E-state index is 0.688. The second-order valence-corrected chi connectivity index (χ2v) is 4.76. The van der Waals surface area contributed by atoms with E-state index >= 15 is 0 Å². The molecule has 0 aromatic heterocycles. The Bertz CT molecular complexity index is 226. The van der Waals surface area contributed by atoms with E-state index in [2.05, 4.69) is 22.3 Å². The highest BCUT2D eigenvalue weighted by molar-refractivity contribution is 7.97. The normalized spacial score (nSPS) is 26.4. The third-order valence-electron chi connectivity index (χ3n) is 2.63. The van der Waals surface area contributed by atoms with Gasteiger partial charge in [0.15, 0.2) is 0 Å². The van der Waals surface area contributed by atoms with E-state index in [9.17, 15) is 5.21 Å². The van der Waals surface area contributed by atoms with E-state index in [0.717, 1.165) is 32.6 Å². The first-order valence-electron chi connectivity index (χ1n) is 4.97. The van der Waals surface area contributed by atoms with Crippen molar-refractivity contribution in [2.75, 3.05) is 39.1 Å². The fourth-order valence-electron chi connectivity index (χ4n) is 1.68. The van der Waals surface area contributed by atoms with Crippen molar-refractivity contribution in [2.45, 2.75) is 6.42 Å². The van der Waals surface area contributed by atoms with Gasteiger partial charge in [0.25, 0.3) is 0 Å². The molecule has 0 bridgehead atoms. The van der Waals surface area contributed by atoms with Crippen LogP contribution in [0.4, 0.5) is 0 Å². The summed E-state index contributed by atoms with van der Waals surface area (Å²) < 4.78 is 2.32. The van der Waals surface area contributed by atoms with Crippen LogP contribution < -0.4 is 0 Å². The van der Waals surface area contributed by atoms with Crippen LogP contribution in [0.25, 0.3) is 0 Å². The number of rotatable bonds is 1. The zero-order chi connectivity index (χ0) is 9.97. The minimum atomic E-state index is 0.688. The Labute approximate surface area is 89.2 Å². The average Bonchev–Trinajstić information content (AvgIpc) is 2.21. The standard InChI is InChI=1S/C9H17N3OS/c1-10-4-2-9(3-5-10)12-7-6-11(13)8-14-12/h2,13H,3-8H2,1H3. The minimum Gasteiger partial charge on any atom is -0.318 e. The molecule has 14 heavy (non-hydrogen) atoms. The summed E-state index contributed by atoms with van der Waals surface area (Å²) in [6.45, 7) is 3.87. The molecule has 0 saturated carbocycles. The molecule has 0 spiro atoms. The summed E-state index contributed by atoms with van der Waals surface area (Å²) in [6, 6.07) is 0. The highest BCUT2D eigenvalue weighted by atomic mass is 32.2. The summed E-state index contributed by atoms with van der Waals surface area (Å²) in [5, 5.41) is 10.6. The lowest BCUT2D eigenvalue weighted by Gasteiger charge is -2.35. The molecule has 0 aromatic rings. The molecule has 0 aliphatic carbocycles. The second kappa shape index (κ2) is 4.53. The third kappa shape index (κ3) is 2.42. The Morgan fingerprint density at radius 1 is 1.36 bits per heavy atom. The van der Waals surface area contributed by atoms with Gasteiger partial charge in [-0.1, -0.05) is 6.08 Å². The number of hydroxylamine groups is 2. The van der Waals surface area contributed by atoms with E-state index in [0.29, 0.717) is 5.88 Å². The van der Waals surface area contributed by atoms with Gasteiger partial charge < -0.3 is 14.4 Å². The van der Waals surface area contributed by atoms with Gasteiger partial charge >= 0.3 is 0 Å². The maximum absolute atomic E-state index is 9.23. The first-order valence-corrected chi connectivity index (χ1v) is 5.92. The second-order valence-electron chi connectivity index (χ2n) is 3.80. The van der Waals surface area contributed by atoms with Crippen LogP contribution in [0, 0.1) is 0 Å². The summed E-state index contributed by atoms with van der Waals surface area (Å²) in [5.74, 6) is 0.688. The van der Waals surface area contributed by atoms with E-state index in [-0.39, 0.29) is 0 Å². The van der Waals surface area contributed by atoms with Gasteiger partial charge in [-0.05, 0) is 19.0 Å². The summed E-state index contributed by atoms with van der Waals surface area (Å²) in [5.41, 5.74) is 1.43. The van der Waals surface area contributed by atoms with Crippen molar-refractivity contribution >= 4 is 11.9 Å². The first-order chi connectivity index (χ1) is 6.75. The molecular formula is C9H17N3OS. The van der Waals surface area contributed by atoms with Crippen molar-refractivity contribution < 1.29 is 5.21 Å². The molecule has 2 rings (SSSR count). The molecule has 1 N–H and O–H groups in total. The van der Waals surface area contributed by atoms with E-state index in [1.165, 1.54) is 10.8 Å². The van der Waals surface area contributed by atoms with Gasteiger partial charge in [-0.3, -0.25) is 0 Å². The Kier molecular flexibility index (Phi) is 3.33. The molecule has 2 aliphatic rings. The van der Waals surface area contributed by atoms with Gasteiger partial charge in [0, 0.05) is 38.3 Å². The zero-order valence-corrected chi connectivity index (χ0v) is 9.33. The van der Waals surface area contributed by atoms with Gasteiger partial charge in [-0.15, -0.1) is 0 Å². The molecule has 0 amide bonds. The highest BCUT2D eigenvalue weighted by Crippen LogP contribution is 2.25. The van der Waals surface area contributed by atoms with Crippen molar-refractivity contribution in [1.29, 1.82) is 0 Å². The average molecular weight is 215 g/mol. The predicted molar refractivity (Wildman–Crippen MR) is 57.9 cm³/mol. The first kappa shape index (κ1) is 10.3. The third-order valence-corrected chi connectivity index (χ3v) is 3.77. The summed E-state index contributed by atoms with van der Waals surface area (Å²) >= 11 is 1.70. The van der Waals surface area contributed by atoms with Crippen LogP contribution in [0.15, 0.2) is 11.8 Å². The Morgan fingerprint density at radius 2 is 2.21 bits per heavy atom. The monoisotopic (exact) mass is 215 g/mol. The molecule has 4 nitrogen and oxygen atoms in total. The topological polar surface area (TPSA) is 30.0 Å². The van der Waals surface area contributed by atoms with Gasteiger partial charge in [-0.25, -0.2) is 0 Å². The van der Waals surface area contributed by atoms with Crippen LogP contribution in [-0.2, 0) is 0 Å². The van der Waals surface area contributed by atoms with Gasteiger partial charge in [-0.2, -0.15) is 5.06 Å². The molecule has 2 aliphatic heterocycles. The lowest BCUT2D eigenvalue weighted by molar-refractivity contribution is -0.0776. The number of hydrogen-bond donors (Lipinski definition) is 1.